The Morgan fingerprint density at radius 3 is 2.13 bits per heavy atom. The summed E-state index contributed by atoms with van der Waals surface area (Å²) in [5.41, 5.74) is 0.830. The van der Waals surface area contributed by atoms with Gasteiger partial charge in [0, 0.05) is 28.8 Å². The third kappa shape index (κ3) is 7.56. The van der Waals surface area contributed by atoms with Crippen molar-refractivity contribution >= 4 is 33.3 Å². The van der Waals surface area contributed by atoms with Gasteiger partial charge in [0.1, 0.15) is 35.4 Å². The number of fused-ring (bicyclic) bond motifs is 1. The zero-order valence-corrected chi connectivity index (χ0v) is 26.0. The summed E-state index contributed by atoms with van der Waals surface area (Å²) in [5, 5.41) is 11.7. The molecular formula is C35H32N2O8S. The van der Waals surface area contributed by atoms with E-state index < -0.39 is 11.1 Å². The number of methoxy groups -OCH3 is 1. The molecule has 0 radical (unpaired) electrons. The fraction of sp³-hybridized carbons (Fsp3) is 0.229. The molecule has 236 valence electrons. The minimum absolute atomic E-state index is 0.109. The molecule has 0 aliphatic carbocycles. The molecular weight excluding hydrogens is 608 g/mol. The minimum Gasteiger partial charge on any atom is -0.497 e. The highest BCUT2D eigenvalue weighted by atomic mass is 32.1. The average molecular weight is 641 g/mol. The molecule has 10 nitrogen and oxygen atoms in total. The summed E-state index contributed by atoms with van der Waals surface area (Å²) in [6.45, 7) is 3.84. The predicted molar refractivity (Wildman–Crippen MR) is 176 cm³/mol. The van der Waals surface area contributed by atoms with Gasteiger partial charge in [0.15, 0.2) is 5.75 Å². The van der Waals surface area contributed by atoms with Crippen molar-refractivity contribution in [3.05, 3.63) is 101 Å². The monoisotopic (exact) mass is 640 g/mol. The van der Waals surface area contributed by atoms with E-state index in [-0.39, 0.29) is 17.2 Å². The van der Waals surface area contributed by atoms with Gasteiger partial charge in [-0.05, 0) is 110 Å². The summed E-state index contributed by atoms with van der Waals surface area (Å²) >= 11 is 1.50. The van der Waals surface area contributed by atoms with Gasteiger partial charge in [-0.3, -0.25) is 15.0 Å². The molecule has 0 atom stereocenters. The third-order valence-electron chi connectivity index (χ3n) is 7.59. The average Bonchev–Trinajstić information content (AvgIpc) is 3.43. The van der Waals surface area contributed by atoms with E-state index in [0.717, 1.165) is 51.7 Å². The number of benzene rings is 4. The number of nitro benzene ring substituents is 1. The van der Waals surface area contributed by atoms with Crippen LogP contribution in [0.1, 0.15) is 19.3 Å². The molecule has 1 aliphatic heterocycles. The molecule has 1 aromatic heterocycles. The fourth-order valence-electron chi connectivity index (χ4n) is 5.20. The predicted octanol–water partition coefficient (Wildman–Crippen LogP) is 8.72. The van der Waals surface area contributed by atoms with Gasteiger partial charge in [-0.15, -0.1) is 11.3 Å². The van der Waals surface area contributed by atoms with Crippen molar-refractivity contribution in [1.29, 1.82) is 0 Å². The Morgan fingerprint density at radius 2 is 1.43 bits per heavy atom. The number of nitrogens with zero attached hydrogens (tertiary/aromatic N) is 2. The maximum atomic E-state index is 12.5. The Balaban J connectivity index is 1.19. The van der Waals surface area contributed by atoms with Crippen LogP contribution < -0.4 is 23.7 Å². The second-order valence-electron chi connectivity index (χ2n) is 10.7. The normalized spacial score (nSPS) is 13.2. The molecule has 4 aromatic carbocycles. The summed E-state index contributed by atoms with van der Waals surface area (Å²) in [5.74, 6) is 3.26. The van der Waals surface area contributed by atoms with E-state index in [2.05, 4.69) is 4.90 Å². The van der Waals surface area contributed by atoms with E-state index in [0.29, 0.717) is 18.1 Å². The van der Waals surface area contributed by atoms with Gasteiger partial charge in [0.2, 0.25) is 0 Å². The Kier molecular flexibility index (Phi) is 9.61. The van der Waals surface area contributed by atoms with Gasteiger partial charge in [-0.1, -0.05) is 6.42 Å². The number of ether oxygens (including phenoxy) is 5. The highest BCUT2D eigenvalue weighted by Crippen LogP contribution is 2.47. The van der Waals surface area contributed by atoms with Crippen LogP contribution in [0, 0.1) is 10.1 Å². The van der Waals surface area contributed by atoms with Crippen molar-refractivity contribution in [2.75, 3.05) is 33.4 Å². The van der Waals surface area contributed by atoms with Gasteiger partial charge in [-0.25, -0.2) is 4.79 Å². The van der Waals surface area contributed by atoms with Crippen LogP contribution in [0.15, 0.2) is 91.0 Å². The molecule has 0 amide bonds. The van der Waals surface area contributed by atoms with Crippen molar-refractivity contribution in [3.8, 4) is 44.9 Å². The highest BCUT2D eigenvalue weighted by Gasteiger charge is 2.19. The number of thiophene rings is 1. The lowest BCUT2D eigenvalue weighted by Gasteiger charge is -2.26. The second kappa shape index (κ2) is 14.3. The third-order valence-corrected chi connectivity index (χ3v) is 8.77. The molecule has 0 unspecified atom stereocenters. The number of hydrogen-bond acceptors (Lipinski definition) is 10. The van der Waals surface area contributed by atoms with Crippen LogP contribution in [0.3, 0.4) is 0 Å². The number of nitro groups is 1. The SMILES string of the molecule is COc1ccc(-c2sc3cc(OC(=O)Oc4ccc([N+](=O)[O-])cc4)ccc3c2Oc2ccc(OCCN3CCCCC3)cc2)cc1. The van der Waals surface area contributed by atoms with Crippen LogP contribution in [0.5, 0.6) is 34.5 Å². The van der Waals surface area contributed by atoms with E-state index in [1.165, 1.54) is 54.9 Å². The zero-order chi connectivity index (χ0) is 31.9. The van der Waals surface area contributed by atoms with Crippen molar-refractivity contribution in [3.63, 3.8) is 0 Å². The summed E-state index contributed by atoms with van der Waals surface area (Å²) in [4.78, 5) is 26.2. The first-order valence-corrected chi connectivity index (χ1v) is 15.7. The number of hydrogen-bond donors (Lipinski definition) is 0. The molecule has 2 heterocycles. The molecule has 0 saturated carbocycles. The molecule has 0 N–H and O–H groups in total. The lowest BCUT2D eigenvalue weighted by atomic mass is 10.1. The molecule has 1 fully saturated rings. The standard InChI is InChI=1S/C35H32N2O8S/c1-41-26-9-5-24(6-10-26)34-33(43-28-15-13-27(14-16-28)42-22-21-36-19-3-2-4-20-36)31-18-17-30(23-32(31)46-34)45-35(38)44-29-11-7-25(8-12-29)37(39)40/h5-18,23H,2-4,19-22H2,1H3. The molecule has 11 heteroatoms. The molecule has 1 aliphatic rings. The number of non-ortho nitro benzene ring substituents is 1. The summed E-state index contributed by atoms with van der Waals surface area (Å²) in [7, 11) is 1.62. The molecule has 46 heavy (non-hydrogen) atoms. The van der Waals surface area contributed by atoms with Gasteiger partial charge in [0.25, 0.3) is 5.69 Å². The number of carbonyl (C=O) groups is 1. The highest BCUT2D eigenvalue weighted by molar-refractivity contribution is 7.22. The van der Waals surface area contributed by atoms with E-state index in [9.17, 15) is 14.9 Å². The van der Waals surface area contributed by atoms with Gasteiger partial charge in [0.05, 0.1) is 16.9 Å². The van der Waals surface area contributed by atoms with E-state index >= 15 is 0 Å². The summed E-state index contributed by atoms with van der Waals surface area (Å²) < 4.78 is 29.3. The van der Waals surface area contributed by atoms with E-state index in [1.807, 2.05) is 54.6 Å². The Labute approximate surface area is 269 Å². The smallest absolute Gasteiger partial charge is 0.497 e. The minimum atomic E-state index is -0.963. The van der Waals surface area contributed by atoms with Crippen molar-refractivity contribution < 1.29 is 33.4 Å². The number of likely N-dealkylation sites (tertiary alicyclic amines) is 1. The second-order valence-corrected chi connectivity index (χ2v) is 11.7. The first-order chi connectivity index (χ1) is 22.4. The molecule has 6 rings (SSSR count). The number of piperidine rings is 1. The van der Waals surface area contributed by atoms with Crippen molar-refractivity contribution in [2.24, 2.45) is 0 Å². The van der Waals surface area contributed by atoms with Crippen LogP contribution in [-0.4, -0.2) is 49.3 Å². The van der Waals surface area contributed by atoms with Crippen LogP contribution in [-0.2, 0) is 0 Å². The molecule has 0 spiro atoms. The maximum Gasteiger partial charge on any atom is 0.519 e. The van der Waals surface area contributed by atoms with Crippen LogP contribution >= 0.6 is 11.3 Å². The topological polar surface area (TPSA) is 110 Å². The van der Waals surface area contributed by atoms with Gasteiger partial charge in [-0.2, -0.15) is 0 Å². The Hall–Kier alpha value is -5.13. The summed E-state index contributed by atoms with van der Waals surface area (Å²) in [6, 6.07) is 25.7. The molecule has 5 aromatic rings. The molecule has 1 saturated heterocycles. The van der Waals surface area contributed by atoms with Crippen molar-refractivity contribution in [2.45, 2.75) is 19.3 Å². The largest absolute Gasteiger partial charge is 0.519 e. The molecule has 0 bridgehead atoms. The number of carbonyl (C=O) groups excluding carboxylic acids is 1. The maximum absolute atomic E-state index is 12.5. The van der Waals surface area contributed by atoms with Crippen LogP contribution in [0.25, 0.3) is 20.5 Å². The lowest BCUT2D eigenvalue weighted by molar-refractivity contribution is -0.384. The van der Waals surface area contributed by atoms with E-state index in [1.54, 1.807) is 19.2 Å². The zero-order valence-electron chi connectivity index (χ0n) is 25.2. The first kappa shape index (κ1) is 30.9. The lowest BCUT2D eigenvalue weighted by Crippen LogP contribution is -2.33. The van der Waals surface area contributed by atoms with Gasteiger partial charge >= 0.3 is 6.16 Å². The first-order valence-electron chi connectivity index (χ1n) is 14.9. The van der Waals surface area contributed by atoms with Gasteiger partial charge < -0.3 is 23.7 Å². The Morgan fingerprint density at radius 1 is 0.804 bits per heavy atom. The number of rotatable bonds is 11. The quantitative estimate of drug-likeness (QED) is 0.0606. The summed E-state index contributed by atoms with van der Waals surface area (Å²) in [6.07, 6.45) is 2.86. The Bertz CT molecular complexity index is 1800. The fourth-order valence-corrected chi connectivity index (χ4v) is 6.36. The van der Waals surface area contributed by atoms with E-state index in [4.69, 9.17) is 23.7 Å². The van der Waals surface area contributed by atoms with Crippen LogP contribution in [0.4, 0.5) is 10.5 Å². The van der Waals surface area contributed by atoms with Crippen LogP contribution in [0.2, 0.25) is 0 Å². The van der Waals surface area contributed by atoms with Crippen molar-refractivity contribution in [1.82, 2.24) is 4.90 Å².